The van der Waals surface area contributed by atoms with Gasteiger partial charge in [0, 0.05) is 28.7 Å². The Balaban J connectivity index is 1.93. The Bertz CT molecular complexity index is 771. The van der Waals surface area contributed by atoms with Crippen molar-refractivity contribution in [1.29, 1.82) is 0 Å². The second kappa shape index (κ2) is 5.77. The molecule has 1 aliphatic rings. The van der Waals surface area contributed by atoms with Gasteiger partial charge in [0.1, 0.15) is 10.5 Å². The van der Waals surface area contributed by atoms with Gasteiger partial charge in [-0.2, -0.15) is 0 Å². The Hall–Kier alpha value is -2.21. The summed E-state index contributed by atoms with van der Waals surface area (Å²) < 4.78 is 0. The summed E-state index contributed by atoms with van der Waals surface area (Å²) in [5, 5.41) is 12.3. The number of carbonyl (C=O) groups excluding carboxylic acids is 1. The lowest BCUT2D eigenvalue weighted by molar-refractivity contribution is -0.147. The van der Waals surface area contributed by atoms with Gasteiger partial charge in [-0.3, -0.25) is 4.79 Å². The lowest BCUT2D eigenvalue weighted by Gasteiger charge is -2.31. The molecule has 0 spiro atoms. The third-order valence-electron chi connectivity index (χ3n) is 4.32. The Morgan fingerprint density at radius 3 is 2.83 bits per heavy atom. The van der Waals surface area contributed by atoms with Crippen molar-refractivity contribution in [3.05, 3.63) is 40.9 Å². The lowest BCUT2D eigenvalue weighted by atomic mass is 9.98. The number of carboxylic acid groups (broad SMARTS) is 1. The number of rotatable bonds is 3. The van der Waals surface area contributed by atoms with Crippen molar-refractivity contribution >= 4 is 23.2 Å². The molecule has 6 heteroatoms. The predicted octanol–water partition coefficient (Wildman–Crippen LogP) is 3.20. The summed E-state index contributed by atoms with van der Waals surface area (Å²) in [4.78, 5) is 30.3. The number of thiazole rings is 1. The van der Waals surface area contributed by atoms with Crippen molar-refractivity contribution in [2.24, 2.45) is 0 Å². The minimum absolute atomic E-state index is 0.234. The Morgan fingerprint density at radius 2 is 2.17 bits per heavy atom. The third kappa shape index (κ3) is 2.74. The van der Waals surface area contributed by atoms with Crippen LogP contribution in [0.2, 0.25) is 0 Å². The molecular weight excluding hydrogens is 312 g/mol. The topological polar surface area (TPSA) is 70.5 Å². The van der Waals surface area contributed by atoms with Crippen LogP contribution in [0.25, 0.3) is 10.6 Å². The molecule has 0 radical (unpaired) electrons. The molecule has 0 bridgehead atoms. The molecule has 2 heterocycles. The first-order chi connectivity index (χ1) is 10.9. The second-order valence-corrected chi connectivity index (χ2v) is 6.87. The smallest absolute Gasteiger partial charge is 0.329 e. The van der Waals surface area contributed by atoms with Crippen LogP contribution >= 0.6 is 11.3 Å². The SMILES string of the molecule is Cc1csc(-c2cccc(C(=O)N3CCCC3(C)C(=O)O)c2)n1. The normalized spacial score (nSPS) is 20.7. The number of carboxylic acids is 1. The van der Waals surface area contributed by atoms with E-state index in [2.05, 4.69) is 4.98 Å². The van der Waals surface area contributed by atoms with Crippen molar-refractivity contribution < 1.29 is 14.7 Å². The van der Waals surface area contributed by atoms with Crippen LogP contribution in [0.4, 0.5) is 0 Å². The van der Waals surface area contributed by atoms with E-state index in [-0.39, 0.29) is 5.91 Å². The first-order valence-corrected chi connectivity index (χ1v) is 8.38. The van der Waals surface area contributed by atoms with E-state index in [0.717, 1.165) is 16.3 Å². The number of carbonyl (C=O) groups is 2. The lowest BCUT2D eigenvalue weighted by Crippen LogP contribution is -2.50. The summed E-state index contributed by atoms with van der Waals surface area (Å²) >= 11 is 1.53. The Morgan fingerprint density at radius 1 is 1.39 bits per heavy atom. The highest BCUT2D eigenvalue weighted by Crippen LogP contribution is 2.32. The minimum Gasteiger partial charge on any atom is -0.480 e. The van der Waals surface area contributed by atoms with Gasteiger partial charge in [0.15, 0.2) is 0 Å². The van der Waals surface area contributed by atoms with Crippen LogP contribution < -0.4 is 0 Å². The number of nitrogens with zero attached hydrogens (tertiary/aromatic N) is 2. The fraction of sp³-hybridized carbons (Fsp3) is 0.353. The number of benzene rings is 1. The maximum Gasteiger partial charge on any atom is 0.329 e. The minimum atomic E-state index is -1.12. The van der Waals surface area contributed by atoms with E-state index >= 15 is 0 Å². The van der Waals surface area contributed by atoms with E-state index < -0.39 is 11.5 Å². The van der Waals surface area contributed by atoms with Gasteiger partial charge in [-0.1, -0.05) is 12.1 Å². The molecule has 1 amide bonds. The van der Waals surface area contributed by atoms with Crippen LogP contribution in [0, 0.1) is 6.92 Å². The molecular formula is C17H18N2O3S. The molecule has 23 heavy (non-hydrogen) atoms. The largest absolute Gasteiger partial charge is 0.480 e. The van der Waals surface area contributed by atoms with Crippen LogP contribution in [0.3, 0.4) is 0 Å². The number of hydrogen-bond acceptors (Lipinski definition) is 4. The first kappa shape index (κ1) is 15.7. The molecule has 1 unspecified atom stereocenters. The monoisotopic (exact) mass is 330 g/mol. The molecule has 1 fully saturated rings. The van der Waals surface area contributed by atoms with Gasteiger partial charge < -0.3 is 10.0 Å². The fourth-order valence-corrected chi connectivity index (χ4v) is 3.73. The van der Waals surface area contributed by atoms with Gasteiger partial charge in [0.25, 0.3) is 5.91 Å². The average molecular weight is 330 g/mol. The zero-order chi connectivity index (χ0) is 16.6. The van der Waals surface area contributed by atoms with Gasteiger partial charge in [-0.15, -0.1) is 11.3 Å². The van der Waals surface area contributed by atoms with E-state index in [1.807, 2.05) is 24.4 Å². The van der Waals surface area contributed by atoms with E-state index in [1.165, 1.54) is 16.2 Å². The van der Waals surface area contributed by atoms with E-state index in [9.17, 15) is 14.7 Å². The first-order valence-electron chi connectivity index (χ1n) is 7.50. The van der Waals surface area contributed by atoms with Crippen molar-refractivity contribution in [3.8, 4) is 10.6 Å². The van der Waals surface area contributed by atoms with Crippen molar-refractivity contribution in [3.63, 3.8) is 0 Å². The second-order valence-electron chi connectivity index (χ2n) is 6.01. The standard InChI is InChI=1S/C17H18N2O3S/c1-11-10-23-14(18-11)12-5-3-6-13(9-12)15(20)19-8-4-7-17(19,2)16(21)22/h3,5-6,9-10H,4,7-8H2,1-2H3,(H,21,22). The number of amides is 1. The number of aromatic nitrogens is 1. The van der Waals surface area contributed by atoms with Crippen molar-refractivity contribution in [2.45, 2.75) is 32.2 Å². The third-order valence-corrected chi connectivity index (χ3v) is 5.33. The molecule has 1 N–H and O–H groups in total. The zero-order valence-corrected chi connectivity index (χ0v) is 13.9. The number of aryl methyl sites for hydroxylation is 1. The molecule has 1 aromatic carbocycles. The van der Waals surface area contributed by atoms with Gasteiger partial charge in [0.2, 0.25) is 0 Å². The van der Waals surface area contributed by atoms with Gasteiger partial charge in [-0.05, 0) is 38.8 Å². The van der Waals surface area contributed by atoms with Crippen LogP contribution in [-0.4, -0.2) is 39.0 Å². The summed E-state index contributed by atoms with van der Waals surface area (Å²) in [6.45, 7) is 4.02. The summed E-state index contributed by atoms with van der Waals surface area (Å²) in [5.74, 6) is -1.18. The molecule has 120 valence electrons. The van der Waals surface area contributed by atoms with Gasteiger partial charge >= 0.3 is 5.97 Å². The summed E-state index contributed by atoms with van der Waals surface area (Å²) in [7, 11) is 0. The Kier molecular flexibility index (Phi) is 3.93. The Labute approximate surface area is 138 Å². The molecule has 3 rings (SSSR count). The summed E-state index contributed by atoms with van der Waals surface area (Å²) in [5.41, 5.74) is 1.21. The molecule has 5 nitrogen and oxygen atoms in total. The van der Waals surface area contributed by atoms with Gasteiger partial charge in [0.05, 0.1) is 0 Å². The number of likely N-dealkylation sites (tertiary alicyclic amines) is 1. The van der Waals surface area contributed by atoms with E-state index in [4.69, 9.17) is 0 Å². The fourth-order valence-electron chi connectivity index (χ4n) is 2.94. The van der Waals surface area contributed by atoms with E-state index in [1.54, 1.807) is 19.1 Å². The summed E-state index contributed by atoms with van der Waals surface area (Å²) in [6.07, 6.45) is 1.19. The number of aliphatic carboxylic acids is 1. The van der Waals surface area contributed by atoms with Crippen LogP contribution in [0.15, 0.2) is 29.6 Å². The van der Waals surface area contributed by atoms with Crippen molar-refractivity contribution in [1.82, 2.24) is 9.88 Å². The molecule has 1 aliphatic heterocycles. The molecule has 1 atom stereocenters. The highest BCUT2D eigenvalue weighted by molar-refractivity contribution is 7.13. The maximum absolute atomic E-state index is 12.8. The van der Waals surface area contributed by atoms with Crippen LogP contribution in [0.5, 0.6) is 0 Å². The molecule has 2 aromatic rings. The molecule has 1 aromatic heterocycles. The average Bonchev–Trinajstić information content (AvgIpc) is 3.14. The maximum atomic E-state index is 12.8. The highest BCUT2D eigenvalue weighted by Gasteiger charge is 2.46. The van der Waals surface area contributed by atoms with Gasteiger partial charge in [-0.25, -0.2) is 9.78 Å². The quantitative estimate of drug-likeness (QED) is 0.938. The highest BCUT2D eigenvalue weighted by atomic mass is 32.1. The van der Waals surface area contributed by atoms with Crippen molar-refractivity contribution in [2.75, 3.05) is 6.54 Å². The predicted molar refractivity (Wildman–Crippen MR) is 88.6 cm³/mol. The van der Waals surface area contributed by atoms with Crippen LogP contribution in [-0.2, 0) is 4.79 Å². The summed E-state index contributed by atoms with van der Waals surface area (Å²) in [6, 6.07) is 7.25. The van der Waals surface area contributed by atoms with Crippen LogP contribution in [0.1, 0.15) is 35.8 Å². The number of hydrogen-bond donors (Lipinski definition) is 1. The molecule has 0 aliphatic carbocycles. The van der Waals surface area contributed by atoms with E-state index in [0.29, 0.717) is 24.9 Å². The molecule has 1 saturated heterocycles. The zero-order valence-electron chi connectivity index (χ0n) is 13.1. The molecule has 0 saturated carbocycles.